The molecule has 0 radical (unpaired) electrons. The summed E-state index contributed by atoms with van der Waals surface area (Å²) in [7, 11) is 0. The Balaban J connectivity index is 2.21. The summed E-state index contributed by atoms with van der Waals surface area (Å²) in [5.74, 6) is -0.825. The molecule has 21 heavy (non-hydrogen) atoms. The van der Waals surface area contributed by atoms with Gasteiger partial charge in [0, 0.05) is 11.9 Å². The first kappa shape index (κ1) is 15.1. The van der Waals surface area contributed by atoms with Crippen LogP contribution >= 0.6 is 11.6 Å². The van der Waals surface area contributed by atoms with Crippen molar-refractivity contribution < 1.29 is 19.1 Å². The van der Waals surface area contributed by atoms with Gasteiger partial charge in [-0.15, -0.1) is 0 Å². The number of hydrazine groups is 1. The number of hydrogen-bond acceptors (Lipinski definition) is 4. The van der Waals surface area contributed by atoms with E-state index in [4.69, 9.17) is 16.3 Å². The smallest absolute Gasteiger partial charge is 0.268 e. The molecule has 0 saturated heterocycles. The zero-order chi connectivity index (χ0) is 15.6. The molecule has 2 rings (SSSR count). The molecule has 112 valence electrons. The number of halogens is 1. The molecule has 3 amide bonds. The van der Waals surface area contributed by atoms with Gasteiger partial charge in [-0.2, -0.15) is 0 Å². The molecule has 1 aromatic rings. The van der Waals surface area contributed by atoms with Crippen molar-refractivity contribution in [3.63, 3.8) is 0 Å². The number of nitrogens with zero attached hydrogens (tertiary/aromatic N) is 1. The monoisotopic (exact) mass is 311 g/mol. The van der Waals surface area contributed by atoms with Gasteiger partial charge < -0.3 is 4.74 Å². The molecule has 0 aliphatic carbocycles. The van der Waals surface area contributed by atoms with Gasteiger partial charge in [-0.25, -0.2) is 0 Å². The second-order valence-corrected chi connectivity index (χ2v) is 4.96. The topological polar surface area (TPSA) is 87.7 Å². The highest BCUT2D eigenvalue weighted by Crippen LogP contribution is 2.35. The highest BCUT2D eigenvalue weighted by Gasteiger charge is 2.32. The van der Waals surface area contributed by atoms with Crippen molar-refractivity contribution in [1.29, 1.82) is 0 Å². The molecule has 8 heteroatoms. The molecule has 0 aromatic heterocycles. The Labute approximate surface area is 126 Å². The first-order valence-electron chi connectivity index (χ1n) is 6.21. The minimum Gasteiger partial charge on any atom is -0.479 e. The number of benzene rings is 1. The third-order valence-corrected chi connectivity index (χ3v) is 3.04. The molecule has 1 atom stereocenters. The number of hydrogen-bond donors (Lipinski definition) is 2. The molecule has 0 saturated carbocycles. The summed E-state index contributed by atoms with van der Waals surface area (Å²) >= 11 is 5.91. The Bertz CT molecular complexity index is 605. The third-order valence-electron chi connectivity index (χ3n) is 2.81. The van der Waals surface area contributed by atoms with Crippen LogP contribution in [0.1, 0.15) is 13.8 Å². The lowest BCUT2D eigenvalue weighted by atomic mass is 10.2. The molecule has 1 aliphatic rings. The number of carbonyl (C=O) groups excluding carboxylic acids is 3. The van der Waals surface area contributed by atoms with Crippen LogP contribution in [0.2, 0.25) is 5.02 Å². The second kappa shape index (κ2) is 6.01. The van der Waals surface area contributed by atoms with Gasteiger partial charge in [-0.3, -0.25) is 30.1 Å². The van der Waals surface area contributed by atoms with Gasteiger partial charge in [0.15, 0.2) is 6.10 Å². The van der Waals surface area contributed by atoms with Gasteiger partial charge in [0.2, 0.25) is 5.91 Å². The largest absolute Gasteiger partial charge is 0.479 e. The van der Waals surface area contributed by atoms with Crippen molar-refractivity contribution in [3.8, 4) is 5.75 Å². The SMILES string of the molecule is CC(=O)NNC(=O)CN1C(=O)[C@H](C)Oc2ccc(Cl)cc21. The number of ether oxygens (including phenoxy) is 1. The van der Waals surface area contributed by atoms with Crippen molar-refractivity contribution in [2.45, 2.75) is 20.0 Å². The predicted octanol–water partition coefficient (Wildman–Crippen LogP) is 0.621. The van der Waals surface area contributed by atoms with E-state index < -0.39 is 17.9 Å². The Morgan fingerprint density at radius 1 is 1.38 bits per heavy atom. The summed E-state index contributed by atoms with van der Waals surface area (Å²) in [6.07, 6.45) is -0.702. The van der Waals surface area contributed by atoms with E-state index in [9.17, 15) is 14.4 Å². The van der Waals surface area contributed by atoms with E-state index in [0.717, 1.165) is 0 Å². The van der Waals surface area contributed by atoms with Crippen LogP contribution in [0.4, 0.5) is 5.69 Å². The number of rotatable bonds is 2. The fourth-order valence-corrected chi connectivity index (χ4v) is 2.05. The number of nitrogens with one attached hydrogen (secondary N) is 2. The summed E-state index contributed by atoms with van der Waals surface area (Å²) in [6, 6.07) is 4.82. The summed E-state index contributed by atoms with van der Waals surface area (Å²) in [6.45, 7) is 2.61. The van der Waals surface area contributed by atoms with Crippen molar-refractivity contribution in [2.75, 3.05) is 11.4 Å². The van der Waals surface area contributed by atoms with E-state index in [1.54, 1.807) is 25.1 Å². The van der Waals surface area contributed by atoms with Crippen LogP contribution in [0.25, 0.3) is 0 Å². The van der Waals surface area contributed by atoms with E-state index >= 15 is 0 Å². The fourth-order valence-electron chi connectivity index (χ4n) is 1.88. The van der Waals surface area contributed by atoms with Gasteiger partial charge in [0.1, 0.15) is 12.3 Å². The molecule has 1 heterocycles. The molecule has 7 nitrogen and oxygen atoms in total. The van der Waals surface area contributed by atoms with E-state index in [1.807, 2.05) is 0 Å². The van der Waals surface area contributed by atoms with Gasteiger partial charge in [-0.1, -0.05) is 11.6 Å². The van der Waals surface area contributed by atoms with Gasteiger partial charge in [0.05, 0.1) is 5.69 Å². The number of anilines is 1. The van der Waals surface area contributed by atoms with E-state index in [1.165, 1.54) is 11.8 Å². The Hall–Kier alpha value is -2.28. The summed E-state index contributed by atoms with van der Waals surface area (Å²) in [5, 5.41) is 0.423. The van der Waals surface area contributed by atoms with Crippen LogP contribution in [0.15, 0.2) is 18.2 Å². The molecule has 1 aromatic carbocycles. The lowest BCUT2D eigenvalue weighted by Gasteiger charge is -2.32. The van der Waals surface area contributed by atoms with Crippen LogP contribution < -0.4 is 20.5 Å². The standard InChI is InChI=1S/C13H14ClN3O4/c1-7-13(20)17(6-12(19)16-15-8(2)18)10-5-9(14)3-4-11(10)21-7/h3-5,7H,6H2,1-2H3,(H,15,18)(H,16,19)/t7-/m0/s1. The average molecular weight is 312 g/mol. The van der Waals surface area contributed by atoms with Gasteiger partial charge >= 0.3 is 0 Å². The van der Waals surface area contributed by atoms with Crippen LogP contribution in [0.5, 0.6) is 5.75 Å². The van der Waals surface area contributed by atoms with Crippen LogP contribution in [-0.4, -0.2) is 30.4 Å². The minimum atomic E-state index is -0.702. The lowest BCUT2D eigenvalue weighted by Crippen LogP contribution is -2.51. The maximum atomic E-state index is 12.2. The maximum absolute atomic E-state index is 12.2. The lowest BCUT2D eigenvalue weighted by molar-refractivity contribution is -0.129. The molecule has 2 N–H and O–H groups in total. The van der Waals surface area contributed by atoms with E-state index in [-0.39, 0.29) is 12.5 Å². The number of amides is 3. The molecule has 0 bridgehead atoms. The average Bonchev–Trinajstić information content (AvgIpc) is 2.42. The summed E-state index contributed by atoms with van der Waals surface area (Å²) in [5.41, 5.74) is 4.79. The zero-order valence-electron chi connectivity index (χ0n) is 11.5. The van der Waals surface area contributed by atoms with Gasteiger partial charge in [-0.05, 0) is 25.1 Å². The van der Waals surface area contributed by atoms with Crippen molar-refractivity contribution >= 4 is 35.0 Å². The van der Waals surface area contributed by atoms with Crippen molar-refractivity contribution in [2.24, 2.45) is 0 Å². The maximum Gasteiger partial charge on any atom is 0.268 e. The molecular formula is C13H14ClN3O4. The van der Waals surface area contributed by atoms with E-state index in [2.05, 4.69) is 10.9 Å². The van der Waals surface area contributed by atoms with Crippen molar-refractivity contribution in [1.82, 2.24) is 10.9 Å². The highest BCUT2D eigenvalue weighted by molar-refractivity contribution is 6.31. The van der Waals surface area contributed by atoms with Crippen LogP contribution in [0, 0.1) is 0 Å². The second-order valence-electron chi connectivity index (χ2n) is 4.53. The first-order chi connectivity index (χ1) is 9.88. The number of fused-ring (bicyclic) bond motifs is 1. The Kier molecular flexibility index (Phi) is 4.32. The molecular weight excluding hydrogens is 298 g/mol. The van der Waals surface area contributed by atoms with Crippen LogP contribution in [-0.2, 0) is 14.4 Å². The first-order valence-corrected chi connectivity index (χ1v) is 6.59. The third kappa shape index (κ3) is 3.43. The normalized spacial score (nSPS) is 16.8. The van der Waals surface area contributed by atoms with Crippen LogP contribution in [0.3, 0.4) is 0 Å². The van der Waals surface area contributed by atoms with Gasteiger partial charge in [0.25, 0.3) is 11.8 Å². The molecule has 0 fully saturated rings. The predicted molar refractivity (Wildman–Crippen MR) is 75.9 cm³/mol. The molecule has 0 spiro atoms. The Morgan fingerprint density at radius 2 is 2.10 bits per heavy atom. The minimum absolute atomic E-state index is 0.250. The number of carbonyl (C=O) groups is 3. The summed E-state index contributed by atoms with van der Waals surface area (Å²) < 4.78 is 5.46. The quantitative estimate of drug-likeness (QED) is 0.784. The fraction of sp³-hybridized carbons (Fsp3) is 0.308. The Morgan fingerprint density at radius 3 is 2.76 bits per heavy atom. The summed E-state index contributed by atoms with van der Waals surface area (Å²) in [4.78, 5) is 36.0. The van der Waals surface area contributed by atoms with E-state index in [0.29, 0.717) is 16.5 Å². The van der Waals surface area contributed by atoms with Crippen molar-refractivity contribution in [3.05, 3.63) is 23.2 Å². The molecule has 1 aliphatic heterocycles. The highest BCUT2D eigenvalue weighted by atomic mass is 35.5. The molecule has 0 unspecified atom stereocenters. The zero-order valence-corrected chi connectivity index (χ0v) is 12.2.